The van der Waals surface area contributed by atoms with Gasteiger partial charge >= 0.3 is 6.18 Å². The van der Waals surface area contributed by atoms with Crippen LogP contribution in [0.25, 0.3) is 0 Å². The van der Waals surface area contributed by atoms with Crippen LogP contribution in [0.4, 0.5) is 18.9 Å². The standard InChI is InChI=1S/C12H8F3N3O3/c13-12(14,15)11-4-5-17(16-11)7-10(19)8-2-1-3-9(6-8)18(20)21/h1-6H,7H2. The number of alkyl halides is 3. The molecule has 0 unspecified atom stereocenters. The van der Waals surface area contributed by atoms with Gasteiger partial charge < -0.3 is 0 Å². The first-order valence-electron chi connectivity index (χ1n) is 5.65. The lowest BCUT2D eigenvalue weighted by molar-refractivity contribution is -0.384. The predicted octanol–water partition coefficient (Wildman–Crippen LogP) is 2.69. The summed E-state index contributed by atoms with van der Waals surface area (Å²) in [5.41, 5.74) is -1.33. The smallest absolute Gasteiger partial charge is 0.292 e. The molecule has 2 rings (SSSR count). The van der Waals surface area contributed by atoms with Gasteiger partial charge in [0.1, 0.15) is 6.54 Å². The summed E-state index contributed by atoms with van der Waals surface area (Å²) in [6.07, 6.45) is -3.56. The van der Waals surface area contributed by atoms with Crippen LogP contribution in [0.15, 0.2) is 36.5 Å². The van der Waals surface area contributed by atoms with E-state index >= 15 is 0 Å². The lowest BCUT2D eigenvalue weighted by Gasteiger charge is -2.03. The Bertz CT molecular complexity index is 694. The summed E-state index contributed by atoms with van der Waals surface area (Å²) < 4.78 is 37.9. The number of hydrogen-bond acceptors (Lipinski definition) is 4. The van der Waals surface area contributed by atoms with Crippen molar-refractivity contribution in [3.05, 3.63) is 57.9 Å². The highest BCUT2D eigenvalue weighted by Gasteiger charge is 2.33. The lowest BCUT2D eigenvalue weighted by atomic mass is 10.1. The van der Waals surface area contributed by atoms with Crippen molar-refractivity contribution in [1.82, 2.24) is 9.78 Å². The molecule has 0 aliphatic carbocycles. The summed E-state index contributed by atoms with van der Waals surface area (Å²) in [6, 6.07) is 5.71. The third kappa shape index (κ3) is 3.44. The molecule has 0 aliphatic heterocycles. The van der Waals surface area contributed by atoms with Crippen LogP contribution >= 0.6 is 0 Å². The summed E-state index contributed by atoms with van der Waals surface area (Å²) in [5, 5.41) is 13.8. The second kappa shape index (κ2) is 5.35. The largest absolute Gasteiger partial charge is 0.435 e. The van der Waals surface area contributed by atoms with Crippen molar-refractivity contribution in [2.45, 2.75) is 12.7 Å². The Hall–Kier alpha value is -2.71. The lowest BCUT2D eigenvalue weighted by Crippen LogP contribution is -2.13. The Morgan fingerprint density at radius 1 is 1.33 bits per heavy atom. The number of non-ortho nitro benzene ring substituents is 1. The van der Waals surface area contributed by atoms with E-state index in [-0.39, 0.29) is 11.3 Å². The number of Topliss-reactive ketones (excluding diaryl/α,β-unsaturated/α-hetero) is 1. The molecule has 0 amide bonds. The highest BCUT2D eigenvalue weighted by Crippen LogP contribution is 2.27. The number of hydrogen-bond donors (Lipinski definition) is 0. The molecule has 0 radical (unpaired) electrons. The molecule has 2 aromatic rings. The summed E-state index contributed by atoms with van der Waals surface area (Å²) >= 11 is 0. The Balaban J connectivity index is 2.16. The molecule has 0 saturated heterocycles. The SMILES string of the molecule is O=C(Cn1ccc(C(F)(F)F)n1)c1cccc([N+](=O)[O-])c1. The minimum atomic E-state index is -4.58. The van der Waals surface area contributed by atoms with Crippen molar-refractivity contribution in [1.29, 1.82) is 0 Å². The number of nitro benzene ring substituents is 1. The number of benzene rings is 1. The van der Waals surface area contributed by atoms with Crippen molar-refractivity contribution in [3.8, 4) is 0 Å². The van der Waals surface area contributed by atoms with Gasteiger partial charge in [-0.15, -0.1) is 0 Å². The van der Waals surface area contributed by atoms with Crippen molar-refractivity contribution >= 4 is 11.5 Å². The molecule has 9 heteroatoms. The van der Waals surface area contributed by atoms with Gasteiger partial charge in [0, 0.05) is 23.9 Å². The first-order valence-corrected chi connectivity index (χ1v) is 5.65. The van der Waals surface area contributed by atoms with E-state index in [1.165, 1.54) is 18.2 Å². The van der Waals surface area contributed by atoms with Gasteiger partial charge in [-0.2, -0.15) is 18.3 Å². The van der Waals surface area contributed by atoms with Crippen LogP contribution in [0.2, 0.25) is 0 Å². The van der Waals surface area contributed by atoms with Crippen LogP contribution in [0, 0.1) is 10.1 Å². The number of halogens is 3. The van der Waals surface area contributed by atoms with Crippen LogP contribution in [0.3, 0.4) is 0 Å². The van der Waals surface area contributed by atoms with Crippen molar-refractivity contribution < 1.29 is 22.9 Å². The van der Waals surface area contributed by atoms with Gasteiger partial charge in [0.15, 0.2) is 11.5 Å². The third-order valence-electron chi connectivity index (χ3n) is 2.62. The maximum absolute atomic E-state index is 12.4. The summed E-state index contributed by atoms with van der Waals surface area (Å²) in [5.74, 6) is -0.574. The van der Waals surface area contributed by atoms with E-state index in [1.54, 1.807) is 0 Å². The molecule has 1 aromatic carbocycles. The first kappa shape index (κ1) is 14.7. The van der Waals surface area contributed by atoms with E-state index in [1.807, 2.05) is 0 Å². The molecule has 0 spiro atoms. The van der Waals surface area contributed by atoms with Crippen molar-refractivity contribution in [2.75, 3.05) is 0 Å². The fourth-order valence-electron chi connectivity index (χ4n) is 1.63. The van der Waals surface area contributed by atoms with Gasteiger partial charge in [0.25, 0.3) is 5.69 Å². The summed E-state index contributed by atoms with van der Waals surface area (Å²) in [4.78, 5) is 21.8. The molecule has 0 atom stereocenters. The molecule has 1 aromatic heterocycles. The quantitative estimate of drug-likeness (QED) is 0.494. The summed E-state index contributed by atoms with van der Waals surface area (Å²) in [6.45, 7) is -0.433. The van der Waals surface area contributed by atoms with Crippen LogP contribution in [-0.2, 0) is 12.7 Å². The number of carbonyl (C=O) groups excluding carboxylic acids is 1. The number of aromatic nitrogens is 2. The van der Waals surface area contributed by atoms with Gasteiger partial charge in [0.2, 0.25) is 0 Å². The number of carbonyl (C=O) groups is 1. The second-order valence-electron chi connectivity index (χ2n) is 4.13. The van der Waals surface area contributed by atoms with Crippen molar-refractivity contribution in [3.63, 3.8) is 0 Å². The van der Waals surface area contributed by atoms with Crippen LogP contribution < -0.4 is 0 Å². The minimum absolute atomic E-state index is 0.0354. The normalized spacial score (nSPS) is 11.4. The van der Waals surface area contributed by atoms with Crippen LogP contribution in [0.1, 0.15) is 16.1 Å². The minimum Gasteiger partial charge on any atom is -0.292 e. The number of nitrogens with zero attached hydrogens (tertiary/aromatic N) is 3. The molecule has 0 fully saturated rings. The van der Waals surface area contributed by atoms with Gasteiger partial charge in [-0.05, 0) is 6.07 Å². The highest BCUT2D eigenvalue weighted by atomic mass is 19.4. The monoisotopic (exact) mass is 299 g/mol. The number of rotatable bonds is 4. The zero-order chi connectivity index (χ0) is 15.6. The van der Waals surface area contributed by atoms with Crippen LogP contribution in [-0.4, -0.2) is 20.5 Å². The Labute approximate surface area is 116 Å². The summed E-state index contributed by atoms with van der Waals surface area (Å²) in [7, 11) is 0. The Morgan fingerprint density at radius 2 is 2.05 bits per heavy atom. The molecule has 0 bridgehead atoms. The van der Waals surface area contributed by atoms with Gasteiger partial charge in [-0.25, -0.2) is 0 Å². The van der Waals surface area contributed by atoms with E-state index in [0.717, 1.165) is 23.0 Å². The predicted molar refractivity (Wildman–Crippen MR) is 64.7 cm³/mol. The molecule has 21 heavy (non-hydrogen) atoms. The Kier molecular flexibility index (Phi) is 3.74. The van der Waals surface area contributed by atoms with E-state index in [2.05, 4.69) is 5.10 Å². The molecule has 6 nitrogen and oxygen atoms in total. The molecule has 110 valence electrons. The fourth-order valence-corrected chi connectivity index (χ4v) is 1.63. The molecule has 1 heterocycles. The molecular formula is C12H8F3N3O3. The van der Waals surface area contributed by atoms with Gasteiger partial charge in [-0.3, -0.25) is 19.6 Å². The van der Waals surface area contributed by atoms with Crippen LogP contribution in [0.5, 0.6) is 0 Å². The average Bonchev–Trinajstić information content (AvgIpc) is 2.87. The zero-order valence-corrected chi connectivity index (χ0v) is 10.4. The second-order valence-corrected chi connectivity index (χ2v) is 4.13. The number of ketones is 1. The third-order valence-corrected chi connectivity index (χ3v) is 2.62. The Morgan fingerprint density at radius 3 is 2.62 bits per heavy atom. The topological polar surface area (TPSA) is 78.0 Å². The maximum atomic E-state index is 12.4. The highest BCUT2D eigenvalue weighted by molar-refractivity contribution is 5.96. The molecule has 0 saturated carbocycles. The van der Waals surface area contributed by atoms with E-state index < -0.39 is 29.1 Å². The van der Waals surface area contributed by atoms with Crippen molar-refractivity contribution in [2.24, 2.45) is 0 Å². The maximum Gasteiger partial charge on any atom is 0.435 e. The zero-order valence-electron chi connectivity index (χ0n) is 10.4. The van der Waals surface area contributed by atoms with E-state index in [4.69, 9.17) is 0 Å². The first-order chi connectivity index (χ1) is 9.77. The average molecular weight is 299 g/mol. The van der Waals surface area contributed by atoms with E-state index in [0.29, 0.717) is 0 Å². The van der Waals surface area contributed by atoms with E-state index in [9.17, 15) is 28.1 Å². The molecule has 0 N–H and O–H groups in total. The molecule has 0 aliphatic rings. The van der Waals surface area contributed by atoms with Gasteiger partial charge in [0.05, 0.1) is 4.92 Å². The number of nitro groups is 1. The van der Waals surface area contributed by atoms with Gasteiger partial charge in [-0.1, -0.05) is 12.1 Å². The molecular weight excluding hydrogens is 291 g/mol. The fraction of sp³-hybridized carbons (Fsp3) is 0.167.